The van der Waals surface area contributed by atoms with Gasteiger partial charge in [-0.25, -0.2) is 0 Å². The maximum absolute atomic E-state index is 13.1. The van der Waals surface area contributed by atoms with E-state index in [1.807, 2.05) is 41.8 Å². The summed E-state index contributed by atoms with van der Waals surface area (Å²) in [4.78, 5) is 13.1. The highest BCUT2D eigenvalue weighted by Gasteiger charge is 2.21. The van der Waals surface area contributed by atoms with Crippen LogP contribution in [0.25, 0.3) is 5.69 Å². The molecule has 4 rings (SSSR count). The van der Waals surface area contributed by atoms with E-state index in [2.05, 4.69) is 34.6 Å². The van der Waals surface area contributed by atoms with E-state index in [0.717, 1.165) is 17.0 Å². The number of carbonyl (C=O) groups excluding carboxylic acids is 1. The molecule has 0 saturated carbocycles. The summed E-state index contributed by atoms with van der Waals surface area (Å²) in [5.74, 6) is 1.82. The minimum absolute atomic E-state index is 0.143. The Hall–Kier alpha value is -3.49. The minimum Gasteiger partial charge on any atom is -0.496 e. The van der Waals surface area contributed by atoms with E-state index in [-0.39, 0.29) is 12.5 Å². The predicted molar refractivity (Wildman–Crippen MR) is 143 cm³/mol. The summed E-state index contributed by atoms with van der Waals surface area (Å²) in [7, 11) is 3.03. The lowest BCUT2D eigenvalue weighted by atomic mass is 10.1. The van der Waals surface area contributed by atoms with E-state index in [1.165, 1.54) is 25.3 Å². The van der Waals surface area contributed by atoms with Gasteiger partial charge in [0.15, 0.2) is 11.0 Å². The molecule has 1 amide bonds. The van der Waals surface area contributed by atoms with E-state index >= 15 is 0 Å². The molecule has 0 fully saturated rings. The zero-order chi connectivity index (χ0) is 25.7. The minimum atomic E-state index is -0.337. The first kappa shape index (κ1) is 25.6. The van der Waals surface area contributed by atoms with Crippen LogP contribution in [-0.4, -0.2) is 34.9 Å². The van der Waals surface area contributed by atoms with Crippen molar-refractivity contribution in [3.05, 3.63) is 93.8 Å². The van der Waals surface area contributed by atoms with Crippen LogP contribution >= 0.6 is 23.4 Å². The number of methoxy groups -OCH3 is 2. The fraction of sp³-hybridized carbons (Fsp3) is 0.222. The number of thioether (sulfide) groups is 1. The lowest BCUT2D eigenvalue weighted by molar-refractivity contribution is 0.0943. The second-order valence-electron chi connectivity index (χ2n) is 8.10. The Kier molecular flexibility index (Phi) is 8.18. The first-order valence-electron chi connectivity index (χ1n) is 11.3. The molecule has 0 radical (unpaired) electrons. The van der Waals surface area contributed by atoms with Crippen molar-refractivity contribution < 1.29 is 14.3 Å². The number of rotatable bonds is 9. The van der Waals surface area contributed by atoms with E-state index in [4.69, 9.17) is 21.1 Å². The number of carbonyl (C=O) groups is 1. The first-order chi connectivity index (χ1) is 17.4. The van der Waals surface area contributed by atoms with E-state index < -0.39 is 0 Å². The Morgan fingerprint density at radius 2 is 1.69 bits per heavy atom. The number of hydrogen-bond donors (Lipinski definition) is 1. The summed E-state index contributed by atoms with van der Waals surface area (Å²) in [5.41, 5.74) is 4.63. The van der Waals surface area contributed by atoms with Crippen molar-refractivity contribution in [3.8, 4) is 17.2 Å². The van der Waals surface area contributed by atoms with Gasteiger partial charge in [-0.1, -0.05) is 59.8 Å². The van der Waals surface area contributed by atoms with Gasteiger partial charge in [-0.2, -0.15) is 0 Å². The number of ether oxygens (including phenoxy) is 2. The van der Waals surface area contributed by atoms with Crippen molar-refractivity contribution in [1.82, 2.24) is 20.1 Å². The summed E-state index contributed by atoms with van der Waals surface area (Å²) in [5, 5.41) is 13.1. The van der Waals surface area contributed by atoms with Gasteiger partial charge in [-0.3, -0.25) is 9.36 Å². The van der Waals surface area contributed by atoms with Crippen molar-refractivity contribution in [3.63, 3.8) is 0 Å². The van der Waals surface area contributed by atoms with Crippen molar-refractivity contribution in [1.29, 1.82) is 0 Å². The van der Waals surface area contributed by atoms with Gasteiger partial charge in [-0.15, -0.1) is 10.2 Å². The van der Waals surface area contributed by atoms with Crippen LogP contribution in [0.1, 0.15) is 32.9 Å². The van der Waals surface area contributed by atoms with Gasteiger partial charge in [0.2, 0.25) is 0 Å². The average molecular weight is 523 g/mol. The van der Waals surface area contributed by atoms with Crippen molar-refractivity contribution in [2.45, 2.75) is 31.3 Å². The van der Waals surface area contributed by atoms with Gasteiger partial charge in [0.25, 0.3) is 5.91 Å². The number of amides is 1. The van der Waals surface area contributed by atoms with Crippen LogP contribution in [0.15, 0.2) is 65.8 Å². The lowest BCUT2D eigenvalue weighted by Crippen LogP contribution is -2.25. The molecule has 0 unspecified atom stereocenters. The molecule has 0 aliphatic carbocycles. The molecule has 3 aromatic carbocycles. The number of nitrogens with zero attached hydrogens (tertiary/aromatic N) is 3. The lowest BCUT2D eigenvalue weighted by Gasteiger charge is -2.15. The third-order valence-electron chi connectivity index (χ3n) is 5.79. The molecule has 0 atom stereocenters. The SMILES string of the molecule is COc1cccc(OC)c1C(=O)NCc1nnc(SCc2ccccc2C)n1-c1cc(Cl)ccc1C. The number of benzene rings is 3. The second-order valence-corrected chi connectivity index (χ2v) is 9.48. The first-order valence-corrected chi connectivity index (χ1v) is 12.7. The highest BCUT2D eigenvalue weighted by Crippen LogP contribution is 2.30. The van der Waals surface area contributed by atoms with Gasteiger partial charge in [0.05, 0.1) is 26.5 Å². The maximum Gasteiger partial charge on any atom is 0.259 e. The molecule has 186 valence electrons. The Bertz CT molecular complexity index is 1370. The number of aromatic nitrogens is 3. The number of hydrogen-bond acceptors (Lipinski definition) is 6. The normalized spacial score (nSPS) is 10.8. The van der Waals surface area contributed by atoms with E-state index in [0.29, 0.717) is 33.1 Å². The number of aryl methyl sites for hydroxylation is 2. The van der Waals surface area contributed by atoms with Crippen LogP contribution in [0.5, 0.6) is 11.5 Å². The number of halogens is 1. The zero-order valence-electron chi connectivity index (χ0n) is 20.5. The summed E-state index contributed by atoms with van der Waals surface area (Å²) in [6, 6.07) is 19.1. The smallest absolute Gasteiger partial charge is 0.259 e. The van der Waals surface area contributed by atoms with Gasteiger partial charge in [0, 0.05) is 10.8 Å². The van der Waals surface area contributed by atoms with Gasteiger partial charge in [-0.05, 0) is 54.8 Å². The summed E-state index contributed by atoms with van der Waals surface area (Å²) in [6.45, 7) is 4.24. The predicted octanol–water partition coefficient (Wildman–Crippen LogP) is 5.78. The Morgan fingerprint density at radius 3 is 2.39 bits per heavy atom. The fourth-order valence-electron chi connectivity index (χ4n) is 3.81. The van der Waals surface area contributed by atoms with E-state index in [1.54, 1.807) is 30.0 Å². The molecule has 4 aromatic rings. The summed E-state index contributed by atoms with van der Waals surface area (Å²) >= 11 is 7.93. The Balaban J connectivity index is 1.65. The summed E-state index contributed by atoms with van der Waals surface area (Å²) in [6.07, 6.45) is 0. The molecule has 1 N–H and O–H groups in total. The standard InChI is InChI=1S/C27H27ClN4O3S/c1-17-8-5-6-9-19(17)16-36-27-31-30-24(32(27)21-14-20(28)13-12-18(21)2)15-29-26(33)25-22(34-3)10-7-11-23(25)35-4/h5-14H,15-16H2,1-4H3,(H,29,33). The molecule has 0 saturated heterocycles. The molecule has 1 heterocycles. The monoisotopic (exact) mass is 522 g/mol. The van der Waals surface area contributed by atoms with Crippen LogP contribution in [0.2, 0.25) is 5.02 Å². The van der Waals surface area contributed by atoms with Gasteiger partial charge >= 0.3 is 0 Å². The largest absolute Gasteiger partial charge is 0.496 e. The Morgan fingerprint density at radius 1 is 0.972 bits per heavy atom. The van der Waals surface area contributed by atoms with Crippen LogP contribution in [0.4, 0.5) is 0 Å². The molecule has 1 aromatic heterocycles. The molecule has 0 aliphatic heterocycles. The molecular formula is C27H27ClN4O3S. The third-order valence-corrected chi connectivity index (χ3v) is 7.01. The van der Waals surface area contributed by atoms with Gasteiger partial charge in [0.1, 0.15) is 17.1 Å². The van der Waals surface area contributed by atoms with E-state index in [9.17, 15) is 4.79 Å². The number of nitrogens with one attached hydrogen (secondary N) is 1. The maximum atomic E-state index is 13.1. The molecule has 0 spiro atoms. The zero-order valence-corrected chi connectivity index (χ0v) is 22.1. The molecular weight excluding hydrogens is 496 g/mol. The van der Waals surface area contributed by atoms with Crippen molar-refractivity contribution in [2.24, 2.45) is 0 Å². The van der Waals surface area contributed by atoms with Crippen LogP contribution < -0.4 is 14.8 Å². The Labute approximate surface area is 219 Å². The summed E-state index contributed by atoms with van der Waals surface area (Å²) < 4.78 is 12.7. The van der Waals surface area contributed by atoms with Crippen LogP contribution in [0, 0.1) is 13.8 Å². The van der Waals surface area contributed by atoms with Crippen molar-refractivity contribution in [2.75, 3.05) is 14.2 Å². The molecule has 0 bridgehead atoms. The topological polar surface area (TPSA) is 78.3 Å². The molecule has 0 aliphatic rings. The van der Waals surface area contributed by atoms with Crippen LogP contribution in [0.3, 0.4) is 0 Å². The fourth-order valence-corrected chi connectivity index (χ4v) is 5.02. The highest BCUT2D eigenvalue weighted by atomic mass is 35.5. The molecule has 36 heavy (non-hydrogen) atoms. The highest BCUT2D eigenvalue weighted by molar-refractivity contribution is 7.98. The average Bonchev–Trinajstić information content (AvgIpc) is 3.30. The van der Waals surface area contributed by atoms with Gasteiger partial charge < -0.3 is 14.8 Å². The second kappa shape index (κ2) is 11.5. The van der Waals surface area contributed by atoms with Crippen molar-refractivity contribution >= 4 is 29.3 Å². The third kappa shape index (κ3) is 5.50. The van der Waals surface area contributed by atoms with Crippen LogP contribution in [-0.2, 0) is 12.3 Å². The quantitative estimate of drug-likeness (QED) is 0.281. The molecule has 9 heteroatoms. The molecule has 7 nitrogen and oxygen atoms in total.